The minimum absolute atomic E-state index is 0.107. The van der Waals surface area contributed by atoms with E-state index in [2.05, 4.69) is 5.32 Å². The van der Waals surface area contributed by atoms with E-state index in [9.17, 15) is 14.0 Å². The first-order valence-corrected chi connectivity index (χ1v) is 7.12. The van der Waals surface area contributed by atoms with Crippen molar-refractivity contribution in [3.63, 3.8) is 0 Å². The SMILES string of the molecule is Cc1ccc2c(c1)OCC(=O)N2CC(=O)Nc1cccc(F)c1. The monoisotopic (exact) mass is 314 g/mol. The van der Waals surface area contributed by atoms with Crippen LogP contribution in [0.4, 0.5) is 15.8 Å². The number of aryl methyl sites for hydroxylation is 1. The highest BCUT2D eigenvalue weighted by Gasteiger charge is 2.27. The summed E-state index contributed by atoms with van der Waals surface area (Å²) in [5, 5.41) is 2.58. The van der Waals surface area contributed by atoms with Gasteiger partial charge in [0.15, 0.2) is 6.61 Å². The minimum atomic E-state index is -0.439. The van der Waals surface area contributed by atoms with E-state index in [4.69, 9.17) is 4.74 Å². The van der Waals surface area contributed by atoms with Gasteiger partial charge in [-0.05, 0) is 42.8 Å². The Morgan fingerprint density at radius 2 is 2.13 bits per heavy atom. The van der Waals surface area contributed by atoms with Crippen molar-refractivity contribution in [2.75, 3.05) is 23.4 Å². The van der Waals surface area contributed by atoms with Crippen LogP contribution in [0.2, 0.25) is 0 Å². The lowest BCUT2D eigenvalue weighted by Gasteiger charge is -2.29. The highest BCUT2D eigenvalue weighted by atomic mass is 19.1. The molecular weight excluding hydrogens is 299 g/mol. The Hall–Kier alpha value is -2.89. The molecule has 2 amide bonds. The van der Waals surface area contributed by atoms with Gasteiger partial charge < -0.3 is 10.1 Å². The molecule has 1 aliphatic heterocycles. The third kappa shape index (κ3) is 3.31. The number of rotatable bonds is 3. The van der Waals surface area contributed by atoms with E-state index in [0.717, 1.165) is 5.56 Å². The fraction of sp³-hybridized carbons (Fsp3) is 0.176. The van der Waals surface area contributed by atoms with Gasteiger partial charge in [-0.3, -0.25) is 14.5 Å². The van der Waals surface area contributed by atoms with Gasteiger partial charge in [0.2, 0.25) is 5.91 Å². The first-order chi connectivity index (χ1) is 11.0. The van der Waals surface area contributed by atoms with Crippen LogP contribution in [0, 0.1) is 12.7 Å². The second-order valence-corrected chi connectivity index (χ2v) is 5.30. The largest absolute Gasteiger partial charge is 0.482 e. The van der Waals surface area contributed by atoms with Crippen molar-refractivity contribution in [2.45, 2.75) is 6.92 Å². The number of anilines is 2. The second-order valence-electron chi connectivity index (χ2n) is 5.30. The van der Waals surface area contributed by atoms with E-state index in [1.807, 2.05) is 19.1 Å². The first-order valence-electron chi connectivity index (χ1n) is 7.12. The van der Waals surface area contributed by atoms with Crippen LogP contribution in [0.3, 0.4) is 0 Å². The molecule has 3 rings (SSSR count). The van der Waals surface area contributed by atoms with E-state index in [1.165, 1.54) is 23.1 Å². The number of halogens is 1. The molecule has 0 aromatic heterocycles. The van der Waals surface area contributed by atoms with Crippen molar-refractivity contribution in [1.82, 2.24) is 0 Å². The van der Waals surface area contributed by atoms with Crippen molar-refractivity contribution < 1.29 is 18.7 Å². The molecule has 0 radical (unpaired) electrons. The molecule has 0 atom stereocenters. The zero-order valence-electron chi connectivity index (χ0n) is 12.5. The fourth-order valence-corrected chi connectivity index (χ4v) is 2.40. The van der Waals surface area contributed by atoms with Gasteiger partial charge in [0.05, 0.1) is 5.69 Å². The summed E-state index contributed by atoms with van der Waals surface area (Å²) in [5.74, 6) is -0.567. The summed E-state index contributed by atoms with van der Waals surface area (Å²) in [6.07, 6.45) is 0. The van der Waals surface area contributed by atoms with E-state index >= 15 is 0 Å². The molecular formula is C17H15FN2O3. The van der Waals surface area contributed by atoms with Crippen molar-refractivity contribution in [2.24, 2.45) is 0 Å². The lowest BCUT2D eigenvalue weighted by Crippen LogP contribution is -2.43. The number of carbonyl (C=O) groups is 2. The van der Waals surface area contributed by atoms with Gasteiger partial charge in [-0.25, -0.2) is 4.39 Å². The Balaban J connectivity index is 1.77. The molecule has 5 nitrogen and oxygen atoms in total. The summed E-state index contributed by atoms with van der Waals surface area (Å²) in [5.41, 5.74) is 1.91. The van der Waals surface area contributed by atoms with Crippen LogP contribution in [-0.4, -0.2) is 25.0 Å². The van der Waals surface area contributed by atoms with Crippen LogP contribution < -0.4 is 15.0 Å². The molecule has 0 saturated carbocycles. The standard InChI is InChI=1S/C17H15FN2O3/c1-11-5-6-14-15(7-11)23-10-17(22)20(14)9-16(21)19-13-4-2-3-12(18)8-13/h2-8H,9-10H2,1H3,(H,19,21). The van der Waals surface area contributed by atoms with Crippen LogP contribution in [-0.2, 0) is 9.59 Å². The number of nitrogens with zero attached hydrogens (tertiary/aromatic N) is 1. The predicted octanol–water partition coefficient (Wildman–Crippen LogP) is 2.50. The minimum Gasteiger partial charge on any atom is -0.482 e. The molecule has 6 heteroatoms. The lowest BCUT2D eigenvalue weighted by atomic mass is 10.1. The van der Waals surface area contributed by atoms with E-state index < -0.39 is 11.7 Å². The molecule has 0 aliphatic carbocycles. The lowest BCUT2D eigenvalue weighted by molar-refractivity contribution is -0.123. The molecule has 2 aromatic rings. The Morgan fingerprint density at radius 3 is 2.91 bits per heavy atom. The fourth-order valence-electron chi connectivity index (χ4n) is 2.40. The third-order valence-corrected chi connectivity index (χ3v) is 3.47. The average molecular weight is 314 g/mol. The Kier molecular flexibility index (Phi) is 3.97. The molecule has 0 spiro atoms. The van der Waals surface area contributed by atoms with Crippen LogP contribution in [0.1, 0.15) is 5.56 Å². The van der Waals surface area contributed by atoms with Crippen molar-refractivity contribution in [1.29, 1.82) is 0 Å². The highest BCUT2D eigenvalue weighted by molar-refractivity contribution is 6.04. The smallest absolute Gasteiger partial charge is 0.265 e. The van der Waals surface area contributed by atoms with Crippen LogP contribution in [0.5, 0.6) is 5.75 Å². The predicted molar refractivity (Wildman–Crippen MR) is 84.1 cm³/mol. The first kappa shape index (κ1) is 15.0. The normalized spacial score (nSPS) is 13.3. The topological polar surface area (TPSA) is 58.6 Å². The van der Waals surface area contributed by atoms with Gasteiger partial charge in [0.25, 0.3) is 5.91 Å². The summed E-state index contributed by atoms with van der Waals surface area (Å²) < 4.78 is 18.5. The molecule has 0 fully saturated rings. The van der Waals surface area contributed by atoms with Gasteiger partial charge in [-0.15, -0.1) is 0 Å². The summed E-state index contributed by atoms with van der Waals surface area (Å²) in [6, 6.07) is 11.0. The average Bonchev–Trinajstić information content (AvgIpc) is 2.50. The zero-order chi connectivity index (χ0) is 16.4. The quantitative estimate of drug-likeness (QED) is 0.947. The number of fused-ring (bicyclic) bond motifs is 1. The van der Waals surface area contributed by atoms with Crippen molar-refractivity contribution >= 4 is 23.2 Å². The molecule has 23 heavy (non-hydrogen) atoms. The molecule has 0 unspecified atom stereocenters. The molecule has 0 saturated heterocycles. The molecule has 0 bridgehead atoms. The van der Waals surface area contributed by atoms with Crippen LogP contribution >= 0.6 is 0 Å². The van der Waals surface area contributed by atoms with Crippen molar-refractivity contribution in [3.05, 3.63) is 53.8 Å². The maximum Gasteiger partial charge on any atom is 0.265 e. The van der Waals surface area contributed by atoms with Gasteiger partial charge in [-0.2, -0.15) is 0 Å². The molecule has 2 aromatic carbocycles. The second kappa shape index (κ2) is 6.08. The molecule has 1 N–H and O–H groups in total. The highest BCUT2D eigenvalue weighted by Crippen LogP contribution is 2.32. The van der Waals surface area contributed by atoms with Crippen LogP contribution in [0.25, 0.3) is 0 Å². The molecule has 1 heterocycles. The zero-order valence-corrected chi connectivity index (χ0v) is 12.5. The Labute approximate surface area is 132 Å². The summed E-state index contributed by atoms with van der Waals surface area (Å²) in [6.45, 7) is 1.65. The molecule has 118 valence electrons. The number of hydrogen-bond donors (Lipinski definition) is 1. The number of ether oxygens (including phenoxy) is 1. The number of benzene rings is 2. The van der Waals surface area contributed by atoms with Gasteiger partial charge in [0.1, 0.15) is 18.1 Å². The number of hydrogen-bond acceptors (Lipinski definition) is 3. The van der Waals surface area contributed by atoms with Gasteiger partial charge >= 0.3 is 0 Å². The van der Waals surface area contributed by atoms with E-state index in [1.54, 1.807) is 12.1 Å². The van der Waals surface area contributed by atoms with Gasteiger partial charge in [0, 0.05) is 5.69 Å². The summed E-state index contributed by atoms with van der Waals surface area (Å²) >= 11 is 0. The summed E-state index contributed by atoms with van der Waals surface area (Å²) in [7, 11) is 0. The van der Waals surface area contributed by atoms with E-state index in [-0.39, 0.29) is 19.1 Å². The Morgan fingerprint density at radius 1 is 1.30 bits per heavy atom. The number of carbonyl (C=O) groups excluding carboxylic acids is 2. The summed E-state index contributed by atoms with van der Waals surface area (Å²) in [4.78, 5) is 25.6. The third-order valence-electron chi connectivity index (χ3n) is 3.47. The molecule has 1 aliphatic rings. The maximum absolute atomic E-state index is 13.1. The Bertz CT molecular complexity index is 776. The maximum atomic E-state index is 13.1. The van der Waals surface area contributed by atoms with Gasteiger partial charge in [-0.1, -0.05) is 12.1 Å². The van der Waals surface area contributed by atoms with Crippen LogP contribution in [0.15, 0.2) is 42.5 Å². The van der Waals surface area contributed by atoms with Crippen molar-refractivity contribution in [3.8, 4) is 5.75 Å². The number of amides is 2. The number of nitrogens with one attached hydrogen (secondary N) is 1. The van der Waals surface area contributed by atoms with E-state index in [0.29, 0.717) is 17.1 Å².